The quantitative estimate of drug-likeness (QED) is 0.888. The maximum Gasteiger partial charge on any atom is 0.249 e. The largest absolute Gasteiger partial charge is 0.461 e. The standard InChI is InChI=1S/C14H17N5O3/c1-9(20)19-6-4-10(5-7-19)13(21)16-14-15-12(17-18-14)11-3-2-8-22-11/h2-3,8,10H,4-7H2,1H3,(H2,15,16,17,18,21). The lowest BCUT2D eigenvalue weighted by Gasteiger charge is -2.30. The minimum Gasteiger partial charge on any atom is -0.461 e. The number of aromatic amines is 1. The van der Waals surface area contributed by atoms with Crippen LogP contribution in [0, 0.1) is 5.92 Å². The summed E-state index contributed by atoms with van der Waals surface area (Å²) >= 11 is 0. The number of aromatic nitrogens is 3. The van der Waals surface area contributed by atoms with E-state index in [4.69, 9.17) is 4.42 Å². The Kier molecular flexibility index (Phi) is 3.90. The fourth-order valence-corrected chi connectivity index (χ4v) is 2.51. The molecule has 1 fully saturated rings. The second kappa shape index (κ2) is 6.00. The molecule has 3 heterocycles. The Bertz CT molecular complexity index is 656. The van der Waals surface area contributed by atoms with Gasteiger partial charge in [0.05, 0.1) is 6.26 Å². The molecule has 2 aromatic rings. The molecule has 0 atom stereocenters. The zero-order valence-corrected chi connectivity index (χ0v) is 12.2. The molecule has 0 aromatic carbocycles. The van der Waals surface area contributed by atoms with Crippen LogP contribution in [-0.4, -0.2) is 45.0 Å². The molecule has 8 nitrogen and oxygen atoms in total. The molecule has 8 heteroatoms. The number of rotatable bonds is 3. The molecular weight excluding hydrogens is 286 g/mol. The number of hydrogen-bond donors (Lipinski definition) is 2. The summed E-state index contributed by atoms with van der Waals surface area (Å²) in [5, 5.41) is 9.37. The summed E-state index contributed by atoms with van der Waals surface area (Å²) in [5.74, 6) is 1.06. The van der Waals surface area contributed by atoms with Gasteiger partial charge < -0.3 is 9.32 Å². The van der Waals surface area contributed by atoms with Crippen molar-refractivity contribution in [1.82, 2.24) is 20.1 Å². The third kappa shape index (κ3) is 3.00. The third-order valence-electron chi connectivity index (χ3n) is 3.79. The molecule has 0 bridgehead atoms. The van der Waals surface area contributed by atoms with Crippen LogP contribution >= 0.6 is 0 Å². The SMILES string of the molecule is CC(=O)N1CCC(C(=O)Nc2n[nH]c(-c3ccco3)n2)CC1. The van der Waals surface area contributed by atoms with Gasteiger partial charge in [-0.2, -0.15) is 4.98 Å². The Hall–Kier alpha value is -2.64. The van der Waals surface area contributed by atoms with Gasteiger partial charge in [0.1, 0.15) is 0 Å². The van der Waals surface area contributed by atoms with Crippen LogP contribution in [0.15, 0.2) is 22.8 Å². The van der Waals surface area contributed by atoms with E-state index in [1.165, 1.54) is 0 Å². The predicted molar refractivity (Wildman–Crippen MR) is 77.7 cm³/mol. The molecule has 1 aliphatic heterocycles. The lowest BCUT2D eigenvalue weighted by atomic mass is 9.96. The van der Waals surface area contributed by atoms with Crippen LogP contribution in [-0.2, 0) is 9.59 Å². The van der Waals surface area contributed by atoms with Crippen LogP contribution in [0.25, 0.3) is 11.6 Å². The van der Waals surface area contributed by atoms with Gasteiger partial charge in [0.15, 0.2) is 11.6 Å². The number of H-pyrrole nitrogens is 1. The Labute approximate surface area is 126 Å². The Morgan fingerprint density at radius 3 is 2.82 bits per heavy atom. The molecule has 116 valence electrons. The number of nitrogens with zero attached hydrogens (tertiary/aromatic N) is 3. The Morgan fingerprint density at radius 2 is 2.18 bits per heavy atom. The normalized spacial score (nSPS) is 15.8. The molecule has 22 heavy (non-hydrogen) atoms. The lowest BCUT2D eigenvalue weighted by Crippen LogP contribution is -2.40. The number of nitrogens with one attached hydrogen (secondary N) is 2. The number of carbonyl (C=O) groups is 2. The number of amides is 2. The second-order valence-corrected chi connectivity index (χ2v) is 5.25. The highest BCUT2D eigenvalue weighted by atomic mass is 16.3. The van der Waals surface area contributed by atoms with Crippen LogP contribution in [0.5, 0.6) is 0 Å². The zero-order valence-electron chi connectivity index (χ0n) is 12.2. The van der Waals surface area contributed by atoms with Gasteiger partial charge in [-0.05, 0) is 25.0 Å². The number of anilines is 1. The zero-order chi connectivity index (χ0) is 15.5. The van der Waals surface area contributed by atoms with Gasteiger partial charge >= 0.3 is 0 Å². The second-order valence-electron chi connectivity index (χ2n) is 5.25. The van der Waals surface area contributed by atoms with Crippen molar-refractivity contribution in [3.8, 4) is 11.6 Å². The molecule has 1 saturated heterocycles. The minimum absolute atomic E-state index is 0.0518. The van der Waals surface area contributed by atoms with Crippen LogP contribution in [0.2, 0.25) is 0 Å². The summed E-state index contributed by atoms with van der Waals surface area (Å²) in [5.41, 5.74) is 0. The van der Waals surface area contributed by atoms with E-state index in [2.05, 4.69) is 20.5 Å². The van der Waals surface area contributed by atoms with Crippen molar-refractivity contribution in [3.05, 3.63) is 18.4 Å². The molecule has 0 unspecified atom stereocenters. The highest BCUT2D eigenvalue weighted by Gasteiger charge is 2.26. The molecular formula is C14H17N5O3. The minimum atomic E-state index is -0.124. The summed E-state index contributed by atoms with van der Waals surface area (Å²) in [7, 11) is 0. The van der Waals surface area contributed by atoms with Gasteiger partial charge in [0.2, 0.25) is 17.8 Å². The van der Waals surface area contributed by atoms with E-state index in [0.717, 1.165) is 0 Å². The van der Waals surface area contributed by atoms with Crippen LogP contribution in [0.4, 0.5) is 5.95 Å². The van der Waals surface area contributed by atoms with Crippen molar-refractivity contribution in [3.63, 3.8) is 0 Å². The average Bonchev–Trinajstić information content (AvgIpc) is 3.18. The molecule has 2 amide bonds. The Morgan fingerprint density at radius 1 is 1.41 bits per heavy atom. The number of furan rings is 1. The molecule has 2 aromatic heterocycles. The van der Waals surface area contributed by atoms with E-state index in [1.807, 2.05) is 0 Å². The topological polar surface area (TPSA) is 104 Å². The van der Waals surface area contributed by atoms with E-state index < -0.39 is 0 Å². The first-order chi connectivity index (χ1) is 10.6. The van der Waals surface area contributed by atoms with Crippen molar-refractivity contribution < 1.29 is 14.0 Å². The van der Waals surface area contributed by atoms with Gasteiger partial charge in [-0.15, -0.1) is 5.10 Å². The van der Waals surface area contributed by atoms with Crippen molar-refractivity contribution in [1.29, 1.82) is 0 Å². The fourth-order valence-electron chi connectivity index (χ4n) is 2.51. The molecule has 1 aliphatic rings. The molecule has 0 saturated carbocycles. The molecule has 0 spiro atoms. The predicted octanol–water partition coefficient (Wildman–Crippen LogP) is 1.26. The molecule has 2 N–H and O–H groups in total. The number of hydrogen-bond acceptors (Lipinski definition) is 5. The van der Waals surface area contributed by atoms with E-state index in [9.17, 15) is 9.59 Å². The van der Waals surface area contributed by atoms with Gasteiger partial charge in [-0.25, -0.2) is 0 Å². The monoisotopic (exact) mass is 303 g/mol. The van der Waals surface area contributed by atoms with Crippen LogP contribution < -0.4 is 5.32 Å². The third-order valence-corrected chi connectivity index (χ3v) is 3.79. The van der Waals surface area contributed by atoms with Gasteiger partial charge in [-0.1, -0.05) is 0 Å². The Balaban J connectivity index is 1.57. The maximum atomic E-state index is 12.2. The molecule has 0 radical (unpaired) electrons. The van der Waals surface area contributed by atoms with Crippen molar-refractivity contribution in [2.45, 2.75) is 19.8 Å². The van der Waals surface area contributed by atoms with Gasteiger partial charge in [0.25, 0.3) is 0 Å². The first kappa shape index (κ1) is 14.3. The van der Waals surface area contributed by atoms with Crippen molar-refractivity contribution in [2.75, 3.05) is 18.4 Å². The summed E-state index contributed by atoms with van der Waals surface area (Å²) in [6, 6.07) is 3.50. The summed E-state index contributed by atoms with van der Waals surface area (Å²) in [6.45, 7) is 2.77. The molecule has 3 rings (SSSR count). The fraction of sp³-hybridized carbons (Fsp3) is 0.429. The van der Waals surface area contributed by atoms with E-state index in [-0.39, 0.29) is 23.7 Å². The summed E-state index contributed by atoms with van der Waals surface area (Å²) in [4.78, 5) is 29.4. The van der Waals surface area contributed by atoms with E-state index in [1.54, 1.807) is 30.2 Å². The van der Waals surface area contributed by atoms with Crippen molar-refractivity contribution in [2.24, 2.45) is 5.92 Å². The highest BCUT2D eigenvalue weighted by Crippen LogP contribution is 2.20. The van der Waals surface area contributed by atoms with E-state index in [0.29, 0.717) is 37.5 Å². The van der Waals surface area contributed by atoms with Gasteiger partial charge in [0, 0.05) is 25.9 Å². The summed E-state index contributed by atoms with van der Waals surface area (Å²) in [6.07, 6.45) is 2.85. The van der Waals surface area contributed by atoms with Crippen molar-refractivity contribution >= 4 is 17.8 Å². The first-order valence-corrected chi connectivity index (χ1v) is 7.16. The average molecular weight is 303 g/mol. The highest BCUT2D eigenvalue weighted by molar-refractivity contribution is 5.91. The van der Waals surface area contributed by atoms with Gasteiger partial charge in [-0.3, -0.25) is 20.0 Å². The first-order valence-electron chi connectivity index (χ1n) is 7.16. The smallest absolute Gasteiger partial charge is 0.249 e. The number of piperidine rings is 1. The molecule has 0 aliphatic carbocycles. The van der Waals surface area contributed by atoms with E-state index >= 15 is 0 Å². The number of carbonyl (C=O) groups excluding carboxylic acids is 2. The summed E-state index contributed by atoms with van der Waals surface area (Å²) < 4.78 is 5.20. The maximum absolute atomic E-state index is 12.2. The van der Waals surface area contributed by atoms with Crippen LogP contribution in [0.1, 0.15) is 19.8 Å². The lowest BCUT2D eigenvalue weighted by molar-refractivity contribution is -0.132. The number of likely N-dealkylation sites (tertiary alicyclic amines) is 1. The van der Waals surface area contributed by atoms with Crippen LogP contribution in [0.3, 0.4) is 0 Å².